The number of H-pyrrole nitrogens is 1. The molecule has 10 heteroatoms. The first-order valence-corrected chi connectivity index (χ1v) is 8.87. The van der Waals surface area contributed by atoms with Gasteiger partial charge >= 0.3 is 12.1 Å². The number of nitrogens with zero attached hydrogens (tertiary/aromatic N) is 1. The fraction of sp³-hybridized carbons (Fsp3) is 0.0952. The number of amides is 1. The second-order valence-electron chi connectivity index (χ2n) is 6.32. The fourth-order valence-electron chi connectivity index (χ4n) is 2.61. The van der Waals surface area contributed by atoms with E-state index >= 15 is 0 Å². The van der Waals surface area contributed by atoms with E-state index in [1.54, 1.807) is 6.20 Å². The van der Waals surface area contributed by atoms with E-state index in [-0.39, 0.29) is 12.5 Å². The van der Waals surface area contributed by atoms with Gasteiger partial charge in [0.05, 0.1) is 11.8 Å². The number of carbonyl (C=O) groups excluding carboxylic acids is 1. The lowest BCUT2D eigenvalue weighted by Gasteiger charge is -2.17. The Bertz CT molecular complexity index is 1090. The molecule has 0 radical (unpaired) electrons. The highest BCUT2D eigenvalue weighted by molar-refractivity contribution is 6.07. The molecule has 0 atom stereocenters. The van der Waals surface area contributed by atoms with Gasteiger partial charge in [-0.25, -0.2) is 4.79 Å². The van der Waals surface area contributed by atoms with Gasteiger partial charge in [0.1, 0.15) is 12.4 Å². The molecule has 0 unspecified atom stereocenters. The van der Waals surface area contributed by atoms with Crippen molar-refractivity contribution in [2.75, 3.05) is 11.9 Å². The van der Waals surface area contributed by atoms with Crippen molar-refractivity contribution in [1.29, 1.82) is 0 Å². The largest absolute Gasteiger partial charge is 0.490 e. The molecule has 2 aromatic carbocycles. The molecule has 0 fully saturated rings. The Kier molecular flexibility index (Phi) is 6.39. The summed E-state index contributed by atoms with van der Waals surface area (Å²) in [6, 6.07) is 15.3. The Morgan fingerprint density at radius 1 is 1.06 bits per heavy atom. The number of carboxylic acids is 1. The first-order chi connectivity index (χ1) is 14.7. The number of aromatic nitrogens is 2. The summed E-state index contributed by atoms with van der Waals surface area (Å²) in [5.74, 6) is -2.11. The number of aliphatic carboxylic acids is 1. The highest BCUT2D eigenvalue weighted by Crippen LogP contribution is 2.26. The lowest BCUT2D eigenvalue weighted by atomic mass is 10.1. The van der Waals surface area contributed by atoms with E-state index in [0.717, 1.165) is 28.1 Å². The number of para-hydroxylation sites is 1. The number of anilines is 1. The molecule has 1 amide bonds. The highest BCUT2D eigenvalue weighted by Gasteiger charge is 2.38. The third kappa shape index (κ3) is 5.72. The number of halogens is 3. The zero-order valence-corrected chi connectivity index (χ0v) is 15.8. The predicted molar refractivity (Wildman–Crippen MR) is 106 cm³/mol. The minimum Gasteiger partial charge on any atom is -0.488 e. The monoisotopic (exact) mass is 431 g/mol. The molecule has 7 nitrogen and oxygen atoms in total. The van der Waals surface area contributed by atoms with Crippen molar-refractivity contribution >= 4 is 23.6 Å². The molecular formula is C21H16F3N3O4. The summed E-state index contributed by atoms with van der Waals surface area (Å²) in [5.41, 5.74) is 4.31. The van der Waals surface area contributed by atoms with Crippen molar-refractivity contribution in [3.05, 3.63) is 72.1 Å². The summed E-state index contributed by atoms with van der Waals surface area (Å²) in [7, 11) is 0. The van der Waals surface area contributed by atoms with E-state index in [9.17, 15) is 18.0 Å². The van der Waals surface area contributed by atoms with E-state index in [4.69, 9.17) is 14.6 Å². The third-order valence-electron chi connectivity index (χ3n) is 4.14. The minimum atomic E-state index is -5.08. The number of rotatable bonds is 3. The van der Waals surface area contributed by atoms with Crippen LogP contribution in [0.2, 0.25) is 0 Å². The average molecular weight is 431 g/mol. The van der Waals surface area contributed by atoms with Gasteiger partial charge in [-0.1, -0.05) is 30.3 Å². The molecule has 0 saturated carbocycles. The lowest BCUT2D eigenvalue weighted by molar-refractivity contribution is -0.192. The number of aromatic amines is 1. The molecule has 1 aliphatic heterocycles. The first kappa shape index (κ1) is 21.6. The van der Waals surface area contributed by atoms with Crippen molar-refractivity contribution in [1.82, 2.24) is 10.2 Å². The number of fused-ring (bicyclic) bond motifs is 1. The summed E-state index contributed by atoms with van der Waals surface area (Å²) in [6.45, 7) is 0.274. The summed E-state index contributed by atoms with van der Waals surface area (Å²) in [5, 5.41) is 16.7. The quantitative estimate of drug-likeness (QED) is 0.579. The van der Waals surface area contributed by atoms with Crippen LogP contribution in [0.25, 0.3) is 17.2 Å². The number of alkyl halides is 3. The third-order valence-corrected chi connectivity index (χ3v) is 4.14. The number of hydrogen-bond acceptors (Lipinski definition) is 4. The summed E-state index contributed by atoms with van der Waals surface area (Å²) < 4.78 is 37.4. The molecule has 31 heavy (non-hydrogen) atoms. The number of hydrogen-bond donors (Lipinski definition) is 3. The van der Waals surface area contributed by atoms with Crippen LogP contribution < -0.4 is 10.1 Å². The summed E-state index contributed by atoms with van der Waals surface area (Å²) in [6.07, 6.45) is 0.373. The maximum absolute atomic E-state index is 12.4. The van der Waals surface area contributed by atoms with Crippen LogP contribution in [0.4, 0.5) is 18.9 Å². The summed E-state index contributed by atoms with van der Waals surface area (Å²) in [4.78, 5) is 21.3. The van der Waals surface area contributed by atoms with Crippen LogP contribution in [0.1, 0.15) is 5.56 Å². The van der Waals surface area contributed by atoms with E-state index in [1.165, 1.54) is 0 Å². The van der Waals surface area contributed by atoms with E-state index in [0.29, 0.717) is 5.57 Å². The van der Waals surface area contributed by atoms with E-state index in [2.05, 4.69) is 15.5 Å². The molecule has 160 valence electrons. The zero-order chi connectivity index (χ0) is 22.4. The molecule has 3 aromatic rings. The average Bonchev–Trinajstić information content (AvgIpc) is 3.28. The Morgan fingerprint density at radius 3 is 2.35 bits per heavy atom. The molecule has 0 aliphatic carbocycles. The van der Waals surface area contributed by atoms with Crippen LogP contribution in [0.15, 0.2) is 66.5 Å². The van der Waals surface area contributed by atoms with E-state index in [1.807, 2.05) is 60.8 Å². The molecule has 0 bridgehead atoms. The van der Waals surface area contributed by atoms with Crippen LogP contribution in [-0.2, 0) is 9.59 Å². The van der Waals surface area contributed by atoms with Crippen LogP contribution in [0, 0.1) is 0 Å². The van der Waals surface area contributed by atoms with Gasteiger partial charge in [0.2, 0.25) is 0 Å². The van der Waals surface area contributed by atoms with Crippen molar-refractivity contribution in [3.8, 4) is 16.9 Å². The molecule has 0 saturated heterocycles. The maximum Gasteiger partial charge on any atom is 0.490 e. The number of carbonyl (C=O) groups is 2. The van der Waals surface area contributed by atoms with Gasteiger partial charge in [0.25, 0.3) is 5.91 Å². The second kappa shape index (κ2) is 9.16. The first-order valence-electron chi connectivity index (χ1n) is 8.87. The minimum absolute atomic E-state index is 0.152. The molecule has 0 spiro atoms. The zero-order valence-electron chi connectivity index (χ0n) is 15.8. The summed E-state index contributed by atoms with van der Waals surface area (Å²) >= 11 is 0. The van der Waals surface area contributed by atoms with Crippen molar-refractivity contribution < 1.29 is 32.6 Å². The molecule has 1 aliphatic rings. The Balaban J connectivity index is 0.000000339. The SMILES string of the molecule is O=C(Nc1ccc(-c2cn[nH]c2)cc1)C1=Cc2ccccc2OC1.O=C(O)C(F)(F)F. The molecule has 1 aromatic heterocycles. The molecular weight excluding hydrogens is 415 g/mol. The number of nitrogens with one attached hydrogen (secondary N) is 2. The topological polar surface area (TPSA) is 104 Å². The van der Waals surface area contributed by atoms with Gasteiger partial charge in [0.15, 0.2) is 0 Å². The number of benzene rings is 2. The van der Waals surface area contributed by atoms with Gasteiger partial charge in [-0.3, -0.25) is 9.89 Å². The predicted octanol–water partition coefficient (Wildman–Crippen LogP) is 4.12. The van der Waals surface area contributed by atoms with Crippen LogP contribution in [-0.4, -0.2) is 40.0 Å². The standard InChI is InChI=1S/C19H15N3O2.C2HF3O2/c23-19(15-9-14-3-1-2-4-18(14)24-12-15)22-17-7-5-13(6-8-17)16-10-20-21-11-16;3-2(4,5)1(6)7/h1-11H,12H2,(H,20,21)(H,22,23);(H,6,7). The van der Waals surface area contributed by atoms with Gasteiger partial charge in [-0.15, -0.1) is 0 Å². The van der Waals surface area contributed by atoms with Crippen molar-refractivity contribution in [2.24, 2.45) is 0 Å². The molecule has 4 rings (SSSR count). The normalized spacial score (nSPS) is 12.4. The smallest absolute Gasteiger partial charge is 0.488 e. The Morgan fingerprint density at radius 2 is 1.74 bits per heavy atom. The highest BCUT2D eigenvalue weighted by atomic mass is 19.4. The van der Waals surface area contributed by atoms with Gasteiger partial charge in [0, 0.05) is 23.0 Å². The van der Waals surface area contributed by atoms with Crippen LogP contribution in [0.3, 0.4) is 0 Å². The number of carboxylic acid groups (broad SMARTS) is 1. The van der Waals surface area contributed by atoms with Gasteiger partial charge in [-0.2, -0.15) is 18.3 Å². The van der Waals surface area contributed by atoms with Crippen molar-refractivity contribution in [2.45, 2.75) is 6.18 Å². The maximum atomic E-state index is 12.4. The Labute approximate surface area is 174 Å². The second-order valence-corrected chi connectivity index (χ2v) is 6.32. The Hall–Kier alpha value is -4.08. The fourth-order valence-corrected chi connectivity index (χ4v) is 2.61. The van der Waals surface area contributed by atoms with Gasteiger partial charge < -0.3 is 15.2 Å². The lowest BCUT2D eigenvalue weighted by Crippen LogP contribution is -2.21. The van der Waals surface area contributed by atoms with E-state index < -0.39 is 12.1 Å². The van der Waals surface area contributed by atoms with Crippen LogP contribution in [0.5, 0.6) is 5.75 Å². The number of ether oxygens (including phenoxy) is 1. The van der Waals surface area contributed by atoms with Gasteiger partial charge in [-0.05, 0) is 29.8 Å². The molecule has 2 heterocycles. The van der Waals surface area contributed by atoms with Crippen molar-refractivity contribution in [3.63, 3.8) is 0 Å². The van der Waals surface area contributed by atoms with Crippen LogP contribution >= 0.6 is 0 Å². The molecule has 3 N–H and O–H groups in total.